The maximum Gasteiger partial charge on any atom is 0.224 e. The smallest absolute Gasteiger partial charge is 0.224 e. The van der Waals surface area contributed by atoms with Gasteiger partial charge in [-0.05, 0) is 37.5 Å². The Morgan fingerprint density at radius 3 is 2.84 bits per heavy atom. The number of aliphatic hydroxyl groups is 1. The SMILES string of the molecule is CCOc1cccc(CC(=O)NC(CC)CCO)c1. The van der Waals surface area contributed by atoms with E-state index in [1.807, 2.05) is 38.1 Å². The highest BCUT2D eigenvalue weighted by Crippen LogP contribution is 2.13. The monoisotopic (exact) mass is 265 g/mol. The van der Waals surface area contributed by atoms with Gasteiger partial charge in [-0.15, -0.1) is 0 Å². The van der Waals surface area contributed by atoms with Gasteiger partial charge in [0.1, 0.15) is 5.75 Å². The third-order valence-corrected chi connectivity index (χ3v) is 2.91. The summed E-state index contributed by atoms with van der Waals surface area (Å²) in [6, 6.07) is 7.61. The first-order chi connectivity index (χ1) is 9.19. The largest absolute Gasteiger partial charge is 0.494 e. The van der Waals surface area contributed by atoms with Crippen molar-refractivity contribution in [3.8, 4) is 5.75 Å². The molecule has 1 unspecified atom stereocenters. The molecule has 0 heterocycles. The summed E-state index contributed by atoms with van der Waals surface area (Å²) in [6.45, 7) is 4.64. The van der Waals surface area contributed by atoms with Crippen molar-refractivity contribution in [3.05, 3.63) is 29.8 Å². The predicted molar refractivity (Wildman–Crippen MR) is 75.2 cm³/mol. The number of nitrogens with one attached hydrogen (secondary N) is 1. The fourth-order valence-electron chi connectivity index (χ4n) is 1.91. The van der Waals surface area contributed by atoms with Gasteiger partial charge in [-0.2, -0.15) is 0 Å². The zero-order valence-electron chi connectivity index (χ0n) is 11.7. The number of hydrogen-bond donors (Lipinski definition) is 2. The molecule has 19 heavy (non-hydrogen) atoms. The van der Waals surface area contributed by atoms with E-state index in [1.165, 1.54) is 0 Å². The third-order valence-electron chi connectivity index (χ3n) is 2.91. The summed E-state index contributed by atoms with van der Waals surface area (Å²) >= 11 is 0. The van der Waals surface area contributed by atoms with Crippen molar-refractivity contribution < 1.29 is 14.6 Å². The second-order valence-electron chi connectivity index (χ2n) is 4.44. The summed E-state index contributed by atoms with van der Waals surface area (Å²) in [5, 5.41) is 11.8. The summed E-state index contributed by atoms with van der Waals surface area (Å²) in [4.78, 5) is 11.9. The highest BCUT2D eigenvalue weighted by Gasteiger charge is 2.10. The number of rotatable bonds is 8. The van der Waals surface area contributed by atoms with Crippen molar-refractivity contribution in [1.82, 2.24) is 5.32 Å². The number of carbonyl (C=O) groups is 1. The first kappa shape index (κ1) is 15.5. The van der Waals surface area contributed by atoms with E-state index in [4.69, 9.17) is 9.84 Å². The Morgan fingerprint density at radius 1 is 1.42 bits per heavy atom. The number of aliphatic hydroxyl groups excluding tert-OH is 1. The summed E-state index contributed by atoms with van der Waals surface area (Å²) in [6.07, 6.45) is 1.76. The van der Waals surface area contributed by atoms with E-state index in [-0.39, 0.29) is 18.6 Å². The molecule has 0 aromatic heterocycles. The van der Waals surface area contributed by atoms with E-state index in [1.54, 1.807) is 0 Å². The first-order valence-electron chi connectivity index (χ1n) is 6.81. The van der Waals surface area contributed by atoms with Crippen LogP contribution in [0.5, 0.6) is 5.75 Å². The Bertz CT molecular complexity index is 393. The molecule has 1 aromatic rings. The van der Waals surface area contributed by atoms with Crippen molar-refractivity contribution in [1.29, 1.82) is 0 Å². The fraction of sp³-hybridized carbons (Fsp3) is 0.533. The molecule has 0 saturated heterocycles. The van der Waals surface area contributed by atoms with Gasteiger partial charge in [0.05, 0.1) is 13.0 Å². The predicted octanol–water partition coefficient (Wildman–Crippen LogP) is 1.90. The summed E-state index contributed by atoms with van der Waals surface area (Å²) in [5.41, 5.74) is 0.933. The normalized spacial score (nSPS) is 11.9. The Kier molecular flexibility index (Phi) is 6.97. The van der Waals surface area contributed by atoms with Crippen LogP contribution in [-0.2, 0) is 11.2 Å². The van der Waals surface area contributed by atoms with Gasteiger partial charge >= 0.3 is 0 Å². The third kappa shape index (κ3) is 5.75. The van der Waals surface area contributed by atoms with Crippen molar-refractivity contribution >= 4 is 5.91 Å². The Labute approximate surface area is 114 Å². The lowest BCUT2D eigenvalue weighted by Gasteiger charge is -2.15. The minimum Gasteiger partial charge on any atom is -0.494 e. The zero-order valence-corrected chi connectivity index (χ0v) is 11.7. The average Bonchev–Trinajstić information content (AvgIpc) is 2.39. The lowest BCUT2D eigenvalue weighted by atomic mass is 10.1. The van der Waals surface area contributed by atoms with E-state index >= 15 is 0 Å². The molecular formula is C15H23NO3. The standard InChI is InChI=1S/C15H23NO3/c1-3-13(8-9-17)16-15(18)11-12-6-5-7-14(10-12)19-4-2/h5-7,10,13,17H,3-4,8-9,11H2,1-2H3,(H,16,18). The molecule has 1 aromatic carbocycles. The van der Waals surface area contributed by atoms with E-state index in [2.05, 4.69) is 5.32 Å². The van der Waals surface area contributed by atoms with Crippen LogP contribution in [0.25, 0.3) is 0 Å². The van der Waals surface area contributed by atoms with Crippen LogP contribution >= 0.6 is 0 Å². The van der Waals surface area contributed by atoms with Crippen LogP contribution in [0.1, 0.15) is 32.3 Å². The first-order valence-corrected chi connectivity index (χ1v) is 6.81. The second kappa shape index (κ2) is 8.53. The molecule has 0 aliphatic heterocycles. The lowest BCUT2D eigenvalue weighted by Crippen LogP contribution is -2.36. The number of carbonyl (C=O) groups excluding carboxylic acids is 1. The Balaban J connectivity index is 2.53. The van der Waals surface area contributed by atoms with Crippen molar-refractivity contribution in [2.24, 2.45) is 0 Å². The molecule has 0 bridgehead atoms. The lowest BCUT2D eigenvalue weighted by molar-refractivity contribution is -0.121. The number of hydrogen-bond acceptors (Lipinski definition) is 3. The van der Waals surface area contributed by atoms with Gasteiger partial charge in [-0.25, -0.2) is 0 Å². The van der Waals surface area contributed by atoms with Gasteiger partial charge in [0.2, 0.25) is 5.91 Å². The average molecular weight is 265 g/mol. The topological polar surface area (TPSA) is 58.6 Å². The molecule has 0 saturated carbocycles. The fourth-order valence-corrected chi connectivity index (χ4v) is 1.91. The van der Waals surface area contributed by atoms with Crippen molar-refractivity contribution in [2.75, 3.05) is 13.2 Å². The molecule has 0 spiro atoms. The molecule has 2 N–H and O–H groups in total. The molecule has 4 nitrogen and oxygen atoms in total. The minimum atomic E-state index is -0.0195. The van der Waals surface area contributed by atoms with Gasteiger partial charge < -0.3 is 15.2 Å². The molecule has 1 amide bonds. The molecule has 0 aliphatic rings. The van der Waals surface area contributed by atoms with Crippen molar-refractivity contribution in [3.63, 3.8) is 0 Å². The Morgan fingerprint density at radius 2 is 2.21 bits per heavy atom. The van der Waals surface area contributed by atoms with Gasteiger partial charge in [0.25, 0.3) is 0 Å². The van der Waals surface area contributed by atoms with Gasteiger partial charge in [-0.3, -0.25) is 4.79 Å². The molecule has 106 valence electrons. The quantitative estimate of drug-likeness (QED) is 0.755. The highest BCUT2D eigenvalue weighted by atomic mass is 16.5. The summed E-state index contributed by atoms with van der Waals surface area (Å²) in [7, 11) is 0. The Hall–Kier alpha value is -1.55. The number of benzene rings is 1. The van der Waals surface area contributed by atoms with Crippen molar-refractivity contribution in [2.45, 2.75) is 39.2 Å². The van der Waals surface area contributed by atoms with Gasteiger partial charge in [0, 0.05) is 12.6 Å². The second-order valence-corrected chi connectivity index (χ2v) is 4.44. The summed E-state index contributed by atoms with van der Waals surface area (Å²) < 4.78 is 5.40. The van der Waals surface area contributed by atoms with Crippen LogP contribution in [-0.4, -0.2) is 30.3 Å². The van der Waals surface area contributed by atoms with Crippen LogP contribution in [0.15, 0.2) is 24.3 Å². The maximum absolute atomic E-state index is 11.9. The van der Waals surface area contributed by atoms with Crippen LogP contribution in [0.3, 0.4) is 0 Å². The highest BCUT2D eigenvalue weighted by molar-refractivity contribution is 5.78. The maximum atomic E-state index is 11.9. The molecule has 1 rings (SSSR count). The van der Waals surface area contributed by atoms with Crippen LogP contribution < -0.4 is 10.1 Å². The molecular weight excluding hydrogens is 242 g/mol. The van der Waals surface area contributed by atoms with Crippen LogP contribution in [0.2, 0.25) is 0 Å². The number of amides is 1. The van der Waals surface area contributed by atoms with Crippen LogP contribution in [0, 0.1) is 0 Å². The van der Waals surface area contributed by atoms with Gasteiger partial charge in [0.15, 0.2) is 0 Å². The molecule has 4 heteroatoms. The number of ether oxygens (including phenoxy) is 1. The molecule has 1 atom stereocenters. The van der Waals surface area contributed by atoms with E-state index in [9.17, 15) is 4.79 Å². The molecule has 0 fully saturated rings. The van der Waals surface area contributed by atoms with E-state index in [0.29, 0.717) is 19.4 Å². The molecule has 0 radical (unpaired) electrons. The summed E-state index contributed by atoms with van der Waals surface area (Å²) in [5.74, 6) is 0.768. The van der Waals surface area contributed by atoms with Crippen LogP contribution in [0.4, 0.5) is 0 Å². The molecule has 0 aliphatic carbocycles. The van der Waals surface area contributed by atoms with E-state index < -0.39 is 0 Å². The van der Waals surface area contributed by atoms with E-state index in [0.717, 1.165) is 17.7 Å². The zero-order chi connectivity index (χ0) is 14.1. The van der Waals surface area contributed by atoms with Gasteiger partial charge in [-0.1, -0.05) is 19.1 Å². The minimum absolute atomic E-state index is 0.0195.